The van der Waals surface area contributed by atoms with Gasteiger partial charge in [0.15, 0.2) is 0 Å². The first-order chi connectivity index (χ1) is 12.6. The molecule has 0 bridgehead atoms. The Labute approximate surface area is 158 Å². The van der Waals surface area contributed by atoms with E-state index < -0.39 is 0 Å². The van der Waals surface area contributed by atoms with Crippen molar-refractivity contribution in [2.75, 3.05) is 14.1 Å². The predicted octanol–water partition coefficient (Wildman–Crippen LogP) is 5.50. The zero-order chi connectivity index (χ0) is 18.1. The molecule has 0 fully saturated rings. The average Bonchev–Trinajstić information content (AvgIpc) is 3.28. The molecule has 1 unspecified atom stereocenters. The minimum absolute atomic E-state index is 0.364. The van der Waals surface area contributed by atoms with E-state index in [9.17, 15) is 0 Å². The van der Waals surface area contributed by atoms with Crippen LogP contribution in [0.25, 0.3) is 22.2 Å². The molecule has 0 aliphatic carbocycles. The lowest BCUT2D eigenvalue weighted by Crippen LogP contribution is -2.16. The number of aromatic amines is 1. The molecule has 0 aliphatic rings. The summed E-state index contributed by atoms with van der Waals surface area (Å²) in [6, 6.07) is 17.5. The molecule has 0 spiro atoms. The summed E-state index contributed by atoms with van der Waals surface area (Å²) >= 11 is 1.73. The summed E-state index contributed by atoms with van der Waals surface area (Å²) in [6.45, 7) is 2.23. The van der Waals surface area contributed by atoms with Gasteiger partial charge in [-0.05, 0) is 44.3 Å². The second-order valence-corrected chi connectivity index (χ2v) is 7.88. The zero-order valence-corrected chi connectivity index (χ0v) is 16.2. The Kier molecular flexibility index (Phi) is 4.62. The van der Waals surface area contributed by atoms with Crippen molar-refractivity contribution in [3.63, 3.8) is 0 Å². The Morgan fingerprint density at radius 1 is 1.12 bits per heavy atom. The number of rotatable bonds is 5. The monoisotopic (exact) mass is 361 g/mol. The molecular formula is C22H23N3S. The number of hydrogen-bond acceptors (Lipinski definition) is 3. The molecule has 3 nitrogen and oxygen atoms in total. The summed E-state index contributed by atoms with van der Waals surface area (Å²) in [5, 5.41) is 4.60. The van der Waals surface area contributed by atoms with Crippen LogP contribution in [0.4, 0.5) is 0 Å². The van der Waals surface area contributed by atoms with Crippen LogP contribution in [-0.4, -0.2) is 29.0 Å². The predicted molar refractivity (Wildman–Crippen MR) is 111 cm³/mol. The molecule has 1 atom stereocenters. The number of thiazole rings is 1. The highest BCUT2D eigenvalue weighted by Crippen LogP contribution is 2.31. The Morgan fingerprint density at radius 3 is 2.69 bits per heavy atom. The molecule has 4 heteroatoms. The normalized spacial score (nSPS) is 12.8. The van der Waals surface area contributed by atoms with Crippen molar-refractivity contribution in [3.05, 3.63) is 76.2 Å². The third-order valence-corrected chi connectivity index (χ3v) is 5.83. The molecule has 2 aromatic heterocycles. The molecule has 0 radical (unpaired) electrons. The van der Waals surface area contributed by atoms with E-state index in [1.165, 1.54) is 27.6 Å². The van der Waals surface area contributed by atoms with Crippen molar-refractivity contribution in [2.24, 2.45) is 0 Å². The molecule has 0 saturated carbocycles. The molecule has 132 valence electrons. The SMILES string of the molecule is CC(c1c[nH]c2ccc(-c3csc(Cc4ccccc4)n3)cc12)N(C)C. The van der Waals surface area contributed by atoms with Crippen LogP contribution in [0.1, 0.15) is 29.1 Å². The highest BCUT2D eigenvalue weighted by atomic mass is 32.1. The maximum absolute atomic E-state index is 4.87. The van der Waals surface area contributed by atoms with E-state index in [4.69, 9.17) is 4.98 Å². The number of fused-ring (bicyclic) bond motifs is 1. The Bertz CT molecular complexity index is 1010. The van der Waals surface area contributed by atoms with E-state index in [-0.39, 0.29) is 0 Å². The molecule has 4 rings (SSSR count). The lowest BCUT2D eigenvalue weighted by molar-refractivity contribution is 0.323. The summed E-state index contributed by atoms with van der Waals surface area (Å²) in [7, 11) is 4.23. The molecule has 2 aromatic carbocycles. The first kappa shape index (κ1) is 17.0. The fourth-order valence-corrected chi connectivity index (χ4v) is 4.06. The average molecular weight is 362 g/mol. The molecular weight excluding hydrogens is 338 g/mol. The topological polar surface area (TPSA) is 31.9 Å². The van der Waals surface area contributed by atoms with Gasteiger partial charge in [0.1, 0.15) is 0 Å². The molecule has 26 heavy (non-hydrogen) atoms. The van der Waals surface area contributed by atoms with Crippen LogP contribution in [0.2, 0.25) is 0 Å². The third kappa shape index (κ3) is 3.30. The van der Waals surface area contributed by atoms with Crippen LogP contribution in [0, 0.1) is 0 Å². The van der Waals surface area contributed by atoms with Crippen LogP contribution in [0.15, 0.2) is 60.1 Å². The number of aromatic nitrogens is 2. The largest absolute Gasteiger partial charge is 0.361 e. The fourth-order valence-electron chi connectivity index (χ4n) is 3.22. The van der Waals surface area contributed by atoms with Gasteiger partial charge in [-0.25, -0.2) is 4.98 Å². The van der Waals surface area contributed by atoms with Crippen LogP contribution in [0.3, 0.4) is 0 Å². The van der Waals surface area contributed by atoms with Gasteiger partial charge in [-0.2, -0.15) is 0 Å². The molecule has 0 aliphatic heterocycles. The van der Waals surface area contributed by atoms with Gasteiger partial charge in [-0.1, -0.05) is 36.4 Å². The fraction of sp³-hybridized carbons (Fsp3) is 0.227. The molecule has 1 N–H and O–H groups in total. The zero-order valence-electron chi connectivity index (χ0n) is 15.4. The van der Waals surface area contributed by atoms with Crippen molar-refractivity contribution in [1.29, 1.82) is 0 Å². The van der Waals surface area contributed by atoms with Crippen LogP contribution < -0.4 is 0 Å². The van der Waals surface area contributed by atoms with Gasteiger partial charge >= 0.3 is 0 Å². The number of nitrogens with zero attached hydrogens (tertiary/aromatic N) is 2. The lowest BCUT2D eigenvalue weighted by atomic mass is 10.0. The van der Waals surface area contributed by atoms with Gasteiger partial charge in [0.2, 0.25) is 0 Å². The van der Waals surface area contributed by atoms with Crippen LogP contribution >= 0.6 is 11.3 Å². The number of benzene rings is 2. The Balaban J connectivity index is 1.66. The first-order valence-corrected chi connectivity index (χ1v) is 9.76. The van der Waals surface area contributed by atoms with Crippen LogP contribution in [0.5, 0.6) is 0 Å². The van der Waals surface area contributed by atoms with E-state index in [2.05, 4.69) is 91.0 Å². The van der Waals surface area contributed by atoms with Crippen molar-refractivity contribution in [1.82, 2.24) is 14.9 Å². The van der Waals surface area contributed by atoms with Gasteiger partial charge in [0.25, 0.3) is 0 Å². The highest BCUT2D eigenvalue weighted by molar-refractivity contribution is 7.10. The summed E-state index contributed by atoms with van der Waals surface area (Å²) < 4.78 is 0. The minimum atomic E-state index is 0.364. The van der Waals surface area contributed by atoms with Gasteiger partial charge in [0, 0.05) is 40.5 Å². The quantitative estimate of drug-likeness (QED) is 0.509. The maximum atomic E-state index is 4.87. The second-order valence-electron chi connectivity index (χ2n) is 6.93. The Hall–Kier alpha value is -2.43. The van der Waals surface area contributed by atoms with Gasteiger partial charge in [-0.15, -0.1) is 11.3 Å². The van der Waals surface area contributed by atoms with E-state index in [0.717, 1.165) is 17.1 Å². The maximum Gasteiger partial charge on any atom is 0.0976 e. The summed E-state index contributed by atoms with van der Waals surface area (Å²) in [5.74, 6) is 0. The lowest BCUT2D eigenvalue weighted by Gasteiger charge is -2.19. The summed E-state index contributed by atoms with van der Waals surface area (Å²) in [6.07, 6.45) is 3.02. The van der Waals surface area contributed by atoms with E-state index >= 15 is 0 Å². The smallest absolute Gasteiger partial charge is 0.0976 e. The minimum Gasteiger partial charge on any atom is -0.361 e. The van der Waals surface area contributed by atoms with Crippen LogP contribution in [-0.2, 0) is 6.42 Å². The number of nitrogens with one attached hydrogen (secondary N) is 1. The standard InChI is InChI=1S/C22H23N3S/c1-15(25(2)3)19-13-23-20-10-9-17(12-18(19)20)21-14-26-22(24-21)11-16-7-5-4-6-8-16/h4-10,12-15,23H,11H2,1-3H3. The molecule has 0 amide bonds. The molecule has 2 heterocycles. The van der Waals surface area contributed by atoms with Crippen molar-refractivity contribution in [3.8, 4) is 11.3 Å². The third-order valence-electron chi connectivity index (χ3n) is 4.98. The highest BCUT2D eigenvalue weighted by Gasteiger charge is 2.14. The summed E-state index contributed by atoms with van der Waals surface area (Å²) in [4.78, 5) is 10.5. The van der Waals surface area contributed by atoms with Crippen molar-refractivity contribution in [2.45, 2.75) is 19.4 Å². The number of H-pyrrole nitrogens is 1. The first-order valence-electron chi connectivity index (χ1n) is 8.88. The molecule has 0 saturated heterocycles. The van der Waals surface area contributed by atoms with Gasteiger partial charge in [-0.3, -0.25) is 0 Å². The van der Waals surface area contributed by atoms with E-state index in [1.54, 1.807) is 11.3 Å². The Morgan fingerprint density at radius 2 is 1.92 bits per heavy atom. The summed E-state index contributed by atoms with van der Waals surface area (Å²) in [5.41, 5.74) is 6.05. The van der Waals surface area contributed by atoms with E-state index in [1.807, 2.05) is 0 Å². The second kappa shape index (κ2) is 7.06. The van der Waals surface area contributed by atoms with Gasteiger partial charge < -0.3 is 9.88 Å². The van der Waals surface area contributed by atoms with Crippen molar-refractivity contribution < 1.29 is 0 Å². The van der Waals surface area contributed by atoms with E-state index in [0.29, 0.717) is 6.04 Å². The van der Waals surface area contributed by atoms with Crippen molar-refractivity contribution >= 4 is 22.2 Å². The number of hydrogen-bond donors (Lipinski definition) is 1. The molecule has 4 aromatic rings. The van der Waals surface area contributed by atoms with Gasteiger partial charge in [0.05, 0.1) is 10.7 Å².